The van der Waals surface area contributed by atoms with Gasteiger partial charge in [-0.15, -0.1) is 0 Å². The maximum Gasteiger partial charge on any atom is 0.325 e. The normalized spacial score (nSPS) is 12.9. The molecule has 0 aromatic heterocycles. The first-order valence-electron chi connectivity index (χ1n) is 10.3. The molecule has 30 heavy (non-hydrogen) atoms. The van der Waals surface area contributed by atoms with Crippen LogP contribution in [0.5, 0.6) is 0 Å². The number of thioether (sulfide) groups is 1. The molecule has 162 valence electrons. The summed E-state index contributed by atoms with van der Waals surface area (Å²) in [7, 11) is 0. The molecule has 6 heteroatoms. The van der Waals surface area contributed by atoms with Crippen molar-refractivity contribution in [1.82, 2.24) is 10.2 Å². The molecule has 2 aromatic carbocycles. The Hall–Kier alpha value is -2.47. The number of amides is 2. The highest BCUT2D eigenvalue weighted by Crippen LogP contribution is 2.25. The zero-order valence-electron chi connectivity index (χ0n) is 18.0. The standard InChI is InChI=1S/C24H32N2O3S/c1-18(2)22(30-17-21-12-8-5-9-13-21)16-26(24(29)25-19(3)23(27)28)15-14-20-10-6-4-7-11-20/h4-13,18-19,22H,14-17H2,1-3H3,(H,25,29)(H,27,28)/t19?,22-/m1/s1. The highest BCUT2D eigenvalue weighted by molar-refractivity contribution is 7.99. The molecule has 2 aromatic rings. The van der Waals surface area contributed by atoms with Crippen LogP contribution < -0.4 is 5.32 Å². The van der Waals surface area contributed by atoms with Crippen molar-refractivity contribution < 1.29 is 14.7 Å². The van der Waals surface area contributed by atoms with Crippen LogP contribution in [0.25, 0.3) is 0 Å². The van der Waals surface area contributed by atoms with E-state index in [-0.39, 0.29) is 11.3 Å². The van der Waals surface area contributed by atoms with Crippen LogP contribution in [0.1, 0.15) is 31.9 Å². The lowest BCUT2D eigenvalue weighted by Crippen LogP contribution is -2.49. The molecule has 0 saturated carbocycles. The van der Waals surface area contributed by atoms with Crippen LogP contribution in [-0.4, -0.2) is 46.4 Å². The van der Waals surface area contributed by atoms with E-state index in [4.69, 9.17) is 5.11 Å². The van der Waals surface area contributed by atoms with Gasteiger partial charge in [0, 0.05) is 24.1 Å². The summed E-state index contributed by atoms with van der Waals surface area (Å²) in [6, 6.07) is 19.1. The van der Waals surface area contributed by atoms with Crippen LogP contribution in [0.4, 0.5) is 4.79 Å². The maximum atomic E-state index is 12.9. The average Bonchev–Trinajstić information content (AvgIpc) is 2.74. The second kappa shape index (κ2) is 12.3. The van der Waals surface area contributed by atoms with Crippen LogP contribution in [0.3, 0.4) is 0 Å². The van der Waals surface area contributed by atoms with Gasteiger partial charge in [-0.05, 0) is 30.4 Å². The third-order valence-electron chi connectivity index (χ3n) is 4.96. The van der Waals surface area contributed by atoms with Crippen LogP contribution in [0.15, 0.2) is 60.7 Å². The van der Waals surface area contributed by atoms with Crippen molar-refractivity contribution in [3.05, 3.63) is 71.8 Å². The minimum absolute atomic E-state index is 0.242. The molecule has 0 aliphatic rings. The number of aliphatic carboxylic acids is 1. The van der Waals surface area contributed by atoms with E-state index in [1.54, 1.807) is 4.90 Å². The second-order valence-corrected chi connectivity index (χ2v) is 9.00. The number of carbonyl (C=O) groups excluding carboxylic acids is 1. The van der Waals surface area contributed by atoms with Crippen LogP contribution in [0, 0.1) is 5.92 Å². The number of benzene rings is 2. The summed E-state index contributed by atoms with van der Waals surface area (Å²) in [6.07, 6.45) is 0.726. The molecule has 2 amide bonds. The van der Waals surface area contributed by atoms with Gasteiger partial charge in [-0.1, -0.05) is 74.5 Å². The van der Waals surface area contributed by atoms with Gasteiger partial charge in [0.05, 0.1) is 0 Å². The summed E-state index contributed by atoms with van der Waals surface area (Å²) in [5.74, 6) is 0.219. The lowest BCUT2D eigenvalue weighted by atomic mass is 10.1. The Balaban J connectivity index is 2.06. The van der Waals surface area contributed by atoms with E-state index >= 15 is 0 Å². The van der Waals surface area contributed by atoms with E-state index in [0.29, 0.717) is 19.0 Å². The lowest BCUT2D eigenvalue weighted by molar-refractivity contribution is -0.138. The highest BCUT2D eigenvalue weighted by Gasteiger charge is 2.24. The summed E-state index contributed by atoms with van der Waals surface area (Å²) in [5, 5.41) is 12.0. The number of carboxylic acid groups (broad SMARTS) is 1. The van der Waals surface area contributed by atoms with Crippen LogP contribution in [0.2, 0.25) is 0 Å². The van der Waals surface area contributed by atoms with Crippen LogP contribution in [-0.2, 0) is 17.0 Å². The zero-order chi connectivity index (χ0) is 21.9. The highest BCUT2D eigenvalue weighted by atomic mass is 32.2. The van der Waals surface area contributed by atoms with E-state index in [1.807, 2.05) is 60.3 Å². The van der Waals surface area contributed by atoms with Gasteiger partial charge in [0.2, 0.25) is 0 Å². The van der Waals surface area contributed by atoms with Gasteiger partial charge in [0.25, 0.3) is 0 Å². The molecule has 0 aliphatic carbocycles. The van der Waals surface area contributed by atoms with Gasteiger partial charge in [-0.2, -0.15) is 11.8 Å². The van der Waals surface area contributed by atoms with Gasteiger partial charge in [0.1, 0.15) is 6.04 Å². The van der Waals surface area contributed by atoms with Crippen molar-refractivity contribution in [2.45, 2.75) is 44.2 Å². The van der Waals surface area contributed by atoms with Crippen molar-refractivity contribution >= 4 is 23.8 Å². The number of urea groups is 1. The Labute approximate surface area is 183 Å². The quantitative estimate of drug-likeness (QED) is 0.546. The minimum atomic E-state index is -1.04. The van der Waals surface area contributed by atoms with Crippen molar-refractivity contribution in [2.75, 3.05) is 13.1 Å². The number of nitrogens with zero attached hydrogens (tertiary/aromatic N) is 1. The fraction of sp³-hybridized carbons (Fsp3) is 0.417. The summed E-state index contributed by atoms with van der Waals surface area (Å²) in [6.45, 7) is 6.92. The predicted molar refractivity (Wildman–Crippen MR) is 124 cm³/mol. The Morgan fingerprint density at radius 2 is 1.53 bits per heavy atom. The molecule has 0 heterocycles. The lowest BCUT2D eigenvalue weighted by Gasteiger charge is -2.30. The number of carbonyl (C=O) groups is 2. The van der Waals surface area contributed by atoms with E-state index < -0.39 is 12.0 Å². The van der Waals surface area contributed by atoms with Crippen molar-refractivity contribution in [3.8, 4) is 0 Å². The van der Waals surface area contributed by atoms with E-state index in [9.17, 15) is 9.59 Å². The number of rotatable bonds is 11. The first kappa shape index (κ1) is 23.8. The predicted octanol–water partition coefficient (Wildman–Crippen LogP) is 4.67. The maximum absolute atomic E-state index is 12.9. The fourth-order valence-corrected chi connectivity index (χ4v) is 4.24. The van der Waals surface area contributed by atoms with Crippen molar-refractivity contribution in [2.24, 2.45) is 5.92 Å². The van der Waals surface area contributed by atoms with Gasteiger partial charge >= 0.3 is 12.0 Å². The average molecular weight is 429 g/mol. The molecular weight excluding hydrogens is 396 g/mol. The Kier molecular flexibility index (Phi) is 9.74. The van der Waals surface area contributed by atoms with Gasteiger partial charge in [-0.25, -0.2) is 4.79 Å². The van der Waals surface area contributed by atoms with E-state index in [1.165, 1.54) is 12.5 Å². The molecule has 1 unspecified atom stereocenters. The SMILES string of the molecule is CC(NC(=O)N(CCc1ccccc1)C[C@@H](SCc1ccccc1)C(C)C)C(=O)O. The van der Waals surface area contributed by atoms with Crippen molar-refractivity contribution in [1.29, 1.82) is 0 Å². The van der Waals surface area contributed by atoms with E-state index in [0.717, 1.165) is 17.7 Å². The van der Waals surface area contributed by atoms with Gasteiger partial charge in [0.15, 0.2) is 0 Å². The molecule has 5 nitrogen and oxygen atoms in total. The Morgan fingerprint density at radius 3 is 2.07 bits per heavy atom. The molecule has 2 atom stereocenters. The number of nitrogens with one attached hydrogen (secondary N) is 1. The van der Waals surface area contributed by atoms with Crippen molar-refractivity contribution in [3.63, 3.8) is 0 Å². The van der Waals surface area contributed by atoms with Gasteiger partial charge < -0.3 is 15.3 Å². The molecule has 0 fully saturated rings. The third kappa shape index (κ3) is 8.11. The molecule has 0 aliphatic heterocycles. The largest absolute Gasteiger partial charge is 0.480 e. The summed E-state index contributed by atoms with van der Waals surface area (Å²) >= 11 is 1.84. The zero-order valence-corrected chi connectivity index (χ0v) is 18.8. The van der Waals surface area contributed by atoms with Gasteiger partial charge in [-0.3, -0.25) is 4.79 Å². The first-order chi connectivity index (χ1) is 14.4. The third-order valence-corrected chi connectivity index (χ3v) is 6.58. The first-order valence-corrected chi connectivity index (χ1v) is 11.4. The summed E-state index contributed by atoms with van der Waals surface area (Å²) < 4.78 is 0. The number of hydrogen-bond acceptors (Lipinski definition) is 3. The minimum Gasteiger partial charge on any atom is -0.480 e. The Bertz CT molecular complexity index is 784. The smallest absolute Gasteiger partial charge is 0.325 e. The number of carboxylic acids is 1. The monoisotopic (exact) mass is 428 g/mol. The number of hydrogen-bond donors (Lipinski definition) is 2. The molecule has 0 bridgehead atoms. The molecular formula is C24H32N2O3S. The molecule has 2 rings (SSSR count). The van der Waals surface area contributed by atoms with E-state index in [2.05, 4.69) is 31.3 Å². The molecule has 2 N–H and O–H groups in total. The molecule has 0 saturated heterocycles. The fourth-order valence-electron chi connectivity index (χ4n) is 2.97. The molecule has 0 spiro atoms. The topological polar surface area (TPSA) is 69.6 Å². The Morgan fingerprint density at radius 1 is 0.967 bits per heavy atom. The summed E-state index contributed by atoms with van der Waals surface area (Å²) in [4.78, 5) is 25.8. The van der Waals surface area contributed by atoms with Crippen LogP contribution >= 0.6 is 11.8 Å². The molecule has 0 radical (unpaired) electrons. The second-order valence-electron chi connectivity index (χ2n) is 7.77. The summed E-state index contributed by atoms with van der Waals surface area (Å²) in [5.41, 5.74) is 2.41.